The van der Waals surface area contributed by atoms with Crippen LogP contribution in [0.15, 0.2) is 12.1 Å². The van der Waals surface area contributed by atoms with Crippen LogP contribution in [-0.4, -0.2) is 18.1 Å². The first-order valence-corrected chi connectivity index (χ1v) is 7.58. The van der Waals surface area contributed by atoms with Gasteiger partial charge in [0, 0.05) is 25.3 Å². The second kappa shape index (κ2) is 6.38. The molecule has 1 aliphatic heterocycles. The van der Waals surface area contributed by atoms with Gasteiger partial charge in [0.1, 0.15) is 5.82 Å². The van der Waals surface area contributed by atoms with Crippen LogP contribution in [0.25, 0.3) is 0 Å². The maximum Gasteiger partial charge on any atom is 0.129 e. The highest BCUT2D eigenvalue weighted by atomic mass is 15.2. The Morgan fingerprint density at radius 1 is 1.32 bits per heavy atom. The molecule has 0 aliphatic carbocycles. The molecule has 0 aromatic carbocycles. The van der Waals surface area contributed by atoms with Gasteiger partial charge in [-0.05, 0) is 42.4 Å². The summed E-state index contributed by atoms with van der Waals surface area (Å²) in [4.78, 5) is 7.26. The molecule has 19 heavy (non-hydrogen) atoms. The monoisotopic (exact) mass is 261 g/mol. The van der Waals surface area contributed by atoms with Crippen molar-refractivity contribution in [1.29, 1.82) is 0 Å². The van der Waals surface area contributed by atoms with E-state index >= 15 is 0 Å². The lowest BCUT2D eigenvalue weighted by atomic mass is 9.88. The van der Waals surface area contributed by atoms with Crippen LogP contribution in [0.2, 0.25) is 0 Å². The molecular weight excluding hydrogens is 234 g/mol. The average molecular weight is 261 g/mol. The molecule has 2 N–H and O–H groups in total. The van der Waals surface area contributed by atoms with Crippen LogP contribution in [-0.2, 0) is 13.0 Å². The zero-order chi connectivity index (χ0) is 13.8. The number of rotatable bonds is 4. The van der Waals surface area contributed by atoms with Gasteiger partial charge in [-0.2, -0.15) is 0 Å². The van der Waals surface area contributed by atoms with Crippen LogP contribution in [0.5, 0.6) is 0 Å². The van der Waals surface area contributed by atoms with Crippen molar-refractivity contribution in [2.45, 2.75) is 46.6 Å². The Hall–Kier alpha value is -1.09. The largest absolute Gasteiger partial charge is 0.356 e. The highest BCUT2D eigenvalue weighted by Crippen LogP contribution is 2.26. The Kier molecular flexibility index (Phi) is 4.81. The fourth-order valence-electron chi connectivity index (χ4n) is 2.77. The second-order valence-corrected chi connectivity index (χ2v) is 5.97. The van der Waals surface area contributed by atoms with Gasteiger partial charge in [-0.3, -0.25) is 0 Å². The lowest BCUT2D eigenvalue weighted by molar-refractivity contribution is 0.322. The molecule has 2 heterocycles. The normalized spacial score (nSPS) is 23.7. The van der Waals surface area contributed by atoms with E-state index < -0.39 is 0 Å². The number of nitrogens with zero attached hydrogens (tertiary/aromatic N) is 2. The fraction of sp³-hybridized carbons (Fsp3) is 0.688. The van der Waals surface area contributed by atoms with Gasteiger partial charge >= 0.3 is 0 Å². The van der Waals surface area contributed by atoms with Crippen molar-refractivity contribution in [3.05, 3.63) is 23.4 Å². The standard InChI is InChI=1S/C16H27N3/c1-4-5-15-8-14(10-17)9-16(18-15)19-7-6-12(2)13(3)11-19/h8-9,12-13H,4-7,10-11,17H2,1-3H3. The average Bonchev–Trinajstić information content (AvgIpc) is 2.42. The van der Waals surface area contributed by atoms with Crippen molar-refractivity contribution in [2.24, 2.45) is 17.6 Å². The van der Waals surface area contributed by atoms with E-state index in [1.165, 1.54) is 17.7 Å². The van der Waals surface area contributed by atoms with E-state index in [-0.39, 0.29) is 0 Å². The topological polar surface area (TPSA) is 42.1 Å². The van der Waals surface area contributed by atoms with Crippen molar-refractivity contribution < 1.29 is 0 Å². The number of pyridine rings is 1. The summed E-state index contributed by atoms with van der Waals surface area (Å²) in [7, 11) is 0. The highest BCUT2D eigenvalue weighted by Gasteiger charge is 2.23. The molecule has 1 aromatic rings. The number of aromatic nitrogens is 1. The maximum atomic E-state index is 5.82. The molecule has 3 nitrogen and oxygen atoms in total. The van der Waals surface area contributed by atoms with Crippen LogP contribution in [0.4, 0.5) is 5.82 Å². The number of hydrogen-bond acceptors (Lipinski definition) is 3. The summed E-state index contributed by atoms with van der Waals surface area (Å²) < 4.78 is 0. The molecule has 0 radical (unpaired) electrons. The molecule has 1 aromatic heterocycles. The number of piperidine rings is 1. The van der Waals surface area contributed by atoms with Crippen molar-refractivity contribution in [2.75, 3.05) is 18.0 Å². The minimum atomic E-state index is 0.603. The lowest BCUT2D eigenvalue weighted by Gasteiger charge is -2.36. The summed E-state index contributed by atoms with van der Waals surface area (Å²) in [5, 5.41) is 0. The summed E-state index contributed by atoms with van der Waals surface area (Å²) in [6, 6.07) is 4.32. The Morgan fingerprint density at radius 3 is 2.74 bits per heavy atom. The molecule has 1 fully saturated rings. The minimum Gasteiger partial charge on any atom is -0.356 e. The molecule has 1 aliphatic rings. The van der Waals surface area contributed by atoms with E-state index in [2.05, 4.69) is 37.8 Å². The molecule has 2 unspecified atom stereocenters. The van der Waals surface area contributed by atoms with Crippen molar-refractivity contribution in [1.82, 2.24) is 4.98 Å². The number of nitrogens with two attached hydrogens (primary N) is 1. The third-order valence-electron chi connectivity index (χ3n) is 4.32. The summed E-state index contributed by atoms with van der Waals surface area (Å²) in [6.45, 7) is 9.74. The third-order valence-corrected chi connectivity index (χ3v) is 4.32. The summed E-state index contributed by atoms with van der Waals surface area (Å²) in [6.07, 6.45) is 3.44. The molecule has 2 rings (SSSR count). The fourth-order valence-corrected chi connectivity index (χ4v) is 2.77. The Morgan fingerprint density at radius 2 is 2.11 bits per heavy atom. The predicted molar refractivity (Wildman–Crippen MR) is 81.3 cm³/mol. The van der Waals surface area contributed by atoms with Gasteiger partial charge < -0.3 is 10.6 Å². The minimum absolute atomic E-state index is 0.603. The smallest absolute Gasteiger partial charge is 0.129 e. The molecule has 0 spiro atoms. The summed E-state index contributed by atoms with van der Waals surface area (Å²) in [5.41, 5.74) is 8.21. The first-order chi connectivity index (χ1) is 9.13. The van der Waals surface area contributed by atoms with Crippen LogP contribution >= 0.6 is 0 Å². The van der Waals surface area contributed by atoms with E-state index in [9.17, 15) is 0 Å². The van der Waals surface area contributed by atoms with E-state index in [1.54, 1.807) is 0 Å². The zero-order valence-corrected chi connectivity index (χ0v) is 12.5. The molecule has 2 atom stereocenters. The van der Waals surface area contributed by atoms with Crippen LogP contribution < -0.4 is 10.6 Å². The van der Waals surface area contributed by atoms with Crippen LogP contribution in [0.3, 0.4) is 0 Å². The maximum absolute atomic E-state index is 5.82. The first kappa shape index (κ1) is 14.3. The van der Waals surface area contributed by atoms with Gasteiger partial charge in [0.25, 0.3) is 0 Å². The Bertz CT molecular complexity index is 416. The Labute approximate surface area is 117 Å². The quantitative estimate of drug-likeness (QED) is 0.906. The first-order valence-electron chi connectivity index (χ1n) is 7.58. The van der Waals surface area contributed by atoms with Crippen molar-refractivity contribution in [3.8, 4) is 0 Å². The third kappa shape index (κ3) is 3.47. The molecule has 0 bridgehead atoms. The van der Waals surface area contributed by atoms with E-state index in [4.69, 9.17) is 10.7 Å². The SMILES string of the molecule is CCCc1cc(CN)cc(N2CCC(C)C(C)C2)n1. The van der Waals surface area contributed by atoms with Crippen LogP contribution in [0, 0.1) is 11.8 Å². The van der Waals surface area contributed by atoms with Gasteiger partial charge in [0.15, 0.2) is 0 Å². The summed E-state index contributed by atoms with van der Waals surface area (Å²) in [5.74, 6) is 2.70. The molecule has 106 valence electrons. The van der Waals surface area contributed by atoms with E-state index in [1.807, 2.05) is 0 Å². The zero-order valence-electron chi connectivity index (χ0n) is 12.5. The van der Waals surface area contributed by atoms with Crippen LogP contribution in [0.1, 0.15) is 44.9 Å². The number of aryl methyl sites for hydroxylation is 1. The van der Waals surface area contributed by atoms with E-state index in [0.29, 0.717) is 6.54 Å². The second-order valence-electron chi connectivity index (χ2n) is 5.97. The Balaban J connectivity index is 2.20. The van der Waals surface area contributed by atoms with Gasteiger partial charge in [-0.25, -0.2) is 4.98 Å². The molecular formula is C16H27N3. The van der Waals surface area contributed by atoms with E-state index in [0.717, 1.165) is 43.6 Å². The lowest BCUT2D eigenvalue weighted by Crippen LogP contribution is -2.39. The van der Waals surface area contributed by atoms with Gasteiger partial charge in [-0.15, -0.1) is 0 Å². The predicted octanol–water partition coefficient (Wildman–Crippen LogP) is 2.98. The van der Waals surface area contributed by atoms with Gasteiger partial charge in [0.05, 0.1) is 0 Å². The summed E-state index contributed by atoms with van der Waals surface area (Å²) >= 11 is 0. The molecule has 0 amide bonds. The molecule has 1 saturated heterocycles. The molecule has 0 saturated carbocycles. The van der Waals surface area contributed by atoms with Gasteiger partial charge in [0.2, 0.25) is 0 Å². The van der Waals surface area contributed by atoms with Gasteiger partial charge in [-0.1, -0.05) is 27.2 Å². The molecule has 3 heteroatoms. The number of hydrogen-bond donors (Lipinski definition) is 1. The van der Waals surface area contributed by atoms with Crippen molar-refractivity contribution in [3.63, 3.8) is 0 Å². The van der Waals surface area contributed by atoms with Crippen molar-refractivity contribution >= 4 is 5.82 Å². The number of anilines is 1. The highest BCUT2D eigenvalue weighted by molar-refractivity contribution is 5.43.